The van der Waals surface area contributed by atoms with E-state index >= 15 is 0 Å². The second-order valence-electron chi connectivity index (χ2n) is 7.91. The Morgan fingerprint density at radius 2 is 1.41 bits per heavy atom. The fraction of sp³-hybridized carbons (Fsp3) is 0.667. The molecule has 29 heavy (non-hydrogen) atoms. The molecule has 1 aromatic carbocycles. The van der Waals surface area contributed by atoms with Crippen LogP contribution in [0, 0.1) is 0 Å². The Kier molecular flexibility index (Phi) is 11.9. The van der Waals surface area contributed by atoms with Crippen molar-refractivity contribution in [2.24, 2.45) is 0 Å². The van der Waals surface area contributed by atoms with E-state index in [9.17, 15) is 4.79 Å². The zero-order chi connectivity index (χ0) is 20.7. The molecule has 0 aliphatic rings. The van der Waals surface area contributed by atoms with Crippen LogP contribution < -0.4 is 10.4 Å². The number of thiol groups is 1. The van der Waals surface area contributed by atoms with E-state index in [4.69, 9.17) is 9.15 Å². The molecule has 0 spiro atoms. The number of unbranched alkanes of at least 4 members (excludes halogenated alkanes) is 13. The first-order valence-corrected chi connectivity index (χ1v) is 11.9. The smallest absolute Gasteiger partial charge is 0.397 e. The van der Waals surface area contributed by atoms with E-state index in [1.54, 1.807) is 18.2 Å². The molecule has 0 fully saturated rings. The summed E-state index contributed by atoms with van der Waals surface area (Å²) in [5.74, 6) is 0. The predicted molar refractivity (Wildman–Crippen MR) is 123 cm³/mol. The van der Waals surface area contributed by atoms with Crippen LogP contribution in [0.1, 0.15) is 96.8 Å². The summed E-state index contributed by atoms with van der Waals surface area (Å²) in [7, 11) is 0. The van der Waals surface area contributed by atoms with Crippen LogP contribution in [0.3, 0.4) is 0 Å². The number of aromatic nitrogens is 1. The monoisotopic (exact) mass is 419 g/mol. The number of fused-ring (bicyclic) bond motifs is 1. The van der Waals surface area contributed by atoms with Crippen molar-refractivity contribution in [3.63, 3.8) is 0 Å². The van der Waals surface area contributed by atoms with Gasteiger partial charge in [0.2, 0.25) is 0 Å². The van der Waals surface area contributed by atoms with Crippen LogP contribution in [-0.2, 0) is 0 Å². The fourth-order valence-electron chi connectivity index (χ4n) is 3.56. The van der Waals surface area contributed by atoms with Gasteiger partial charge in [-0.15, -0.1) is 12.6 Å². The molecule has 0 saturated heterocycles. The highest BCUT2D eigenvalue weighted by molar-refractivity contribution is 7.80. The topological polar surface area (TPSA) is 52.3 Å². The van der Waals surface area contributed by atoms with Gasteiger partial charge in [-0.05, 0) is 24.6 Å². The molecule has 0 aliphatic carbocycles. The third-order valence-electron chi connectivity index (χ3n) is 5.32. The van der Waals surface area contributed by atoms with Crippen molar-refractivity contribution in [2.45, 2.75) is 102 Å². The van der Waals surface area contributed by atoms with Crippen LogP contribution in [0.5, 0.6) is 6.08 Å². The number of ether oxygens (including phenoxy) is 1. The summed E-state index contributed by atoms with van der Waals surface area (Å²) in [6, 6.07) is 5.22. The molecular weight excluding hydrogens is 382 g/mol. The molecule has 162 valence electrons. The summed E-state index contributed by atoms with van der Waals surface area (Å²) >= 11 is 4.23. The van der Waals surface area contributed by atoms with Gasteiger partial charge in [0, 0.05) is 4.90 Å². The van der Waals surface area contributed by atoms with Gasteiger partial charge in [-0.3, -0.25) is 0 Å². The van der Waals surface area contributed by atoms with Crippen LogP contribution in [0.4, 0.5) is 0 Å². The van der Waals surface area contributed by atoms with Gasteiger partial charge >= 0.3 is 11.7 Å². The Labute approximate surface area is 180 Å². The first kappa shape index (κ1) is 23.8. The number of rotatable bonds is 16. The number of hydrogen-bond donors (Lipinski definition) is 1. The largest absolute Gasteiger partial charge is 0.450 e. The van der Waals surface area contributed by atoms with Gasteiger partial charge in [0.15, 0.2) is 0 Å². The minimum Gasteiger partial charge on any atom is -0.450 e. The van der Waals surface area contributed by atoms with Crippen LogP contribution in [0.2, 0.25) is 0 Å². The Balaban J connectivity index is 1.46. The van der Waals surface area contributed by atoms with Gasteiger partial charge in [0.25, 0.3) is 0 Å². The lowest BCUT2D eigenvalue weighted by Crippen LogP contribution is -2.06. The van der Waals surface area contributed by atoms with E-state index in [2.05, 4.69) is 24.5 Å². The van der Waals surface area contributed by atoms with Crippen LogP contribution in [0.25, 0.3) is 10.9 Å². The predicted octanol–water partition coefficient (Wildman–Crippen LogP) is 7.34. The minimum absolute atomic E-state index is 0.0594. The molecule has 1 heterocycles. The van der Waals surface area contributed by atoms with Gasteiger partial charge in [-0.1, -0.05) is 90.4 Å². The van der Waals surface area contributed by atoms with Crippen molar-refractivity contribution in [1.82, 2.24) is 4.98 Å². The van der Waals surface area contributed by atoms with E-state index in [0.29, 0.717) is 22.4 Å². The van der Waals surface area contributed by atoms with E-state index in [1.807, 2.05) is 0 Å². The van der Waals surface area contributed by atoms with Gasteiger partial charge < -0.3 is 9.15 Å². The van der Waals surface area contributed by atoms with Crippen LogP contribution >= 0.6 is 12.6 Å². The van der Waals surface area contributed by atoms with Gasteiger partial charge in [-0.2, -0.15) is 4.98 Å². The average molecular weight is 420 g/mol. The maximum Gasteiger partial charge on any atom is 0.397 e. The molecule has 5 heteroatoms. The quantitative estimate of drug-likeness (QED) is 0.228. The van der Waals surface area contributed by atoms with Crippen molar-refractivity contribution in [2.75, 3.05) is 6.61 Å². The summed E-state index contributed by atoms with van der Waals surface area (Å²) in [4.78, 5) is 17.0. The lowest BCUT2D eigenvalue weighted by Gasteiger charge is -2.05. The summed E-state index contributed by atoms with van der Waals surface area (Å²) in [6.45, 7) is 2.80. The highest BCUT2D eigenvalue weighted by atomic mass is 32.1. The molecule has 0 saturated carbocycles. The molecule has 0 N–H and O–H groups in total. The fourth-order valence-corrected chi connectivity index (χ4v) is 3.76. The molecule has 0 amide bonds. The van der Waals surface area contributed by atoms with Gasteiger partial charge in [0.05, 0.1) is 17.5 Å². The van der Waals surface area contributed by atoms with Crippen molar-refractivity contribution in [3.8, 4) is 6.08 Å². The summed E-state index contributed by atoms with van der Waals surface area (Å²) in [6.07, 6.45) is 18.6. The second kappa shape index (κ2) is 14.5. The molecule has 2 rings (SSSR count). The zero-order valence-corrected chi connectivity index (χ0v) is 18.9. The molecule has 4 nitrogen and oxygen atoms in total. The minimum atomic E-state index is -0.429. The van der Waals surface area contributed by atoms with Crippen molar-refractivity contribution in [1.29, 1.82) is 0 Å². The SMILES string of the molecule is CCCCCCCCCCCCCCCCOc1nc2ccc(S)cc2c(=O)o1. The molecule has 1 aromatic heterocycles. The summed E-state index contributed by atoms with van der Waals surface area (Å²) in [5.41, 5.74) is 0.150. The van der Waals surface area contributed by atoms with Crippen LogP contribution in [0.15, 0.2) is 32.3 Å². The second-order valence-corrected chi connectivity index (χ2v) is 8.43. The number of benzene rings is 1. The van der Waals surface area contributed by atoms with Crippen molar-refractivity contribution >= 4 is 23.5 Å². The Morgan fingerprint density at radius 3 is 2.00 bits per heavy atom. The molecule has 0 radical (unpaired) electrons. The number of hydrogen-bond acceptors (Lipinski definition) is 5. The van der Waals surface area contributed by atoms with E-state index in [1.165, 1.54) is 77.0 Å². The zero-order valence-electron chi connectivity index (χ0n) is 18.0. The van der Waals surface area contributed by atoms with Crippen molar-refractivity contribution in [3.05, 3.63) is 28.6 Å². The first-order chi connectivity index (χ1) is 14.2. The molecule has 0 atom stereocenters. The van der Waals surface area contributed by atoms with E-state index in [0.717, 1.165) is 12.8 Å². The van der Waals surface area contributed by atoms with E-state index < -0.39 is 5.63 Å². The normalized spacial score (nSPS) is 11.2. The Bertz CT molecular complexity index is 759. The Morgan fingerprint density at radius 1 is 0.862 bits per heavy atom. The van der Waals surface area contributed by atoms with Gasteiger partial charge in [-0.25, -0.2) is 4.79 Å². The van der Waals surface area contributed by atoms with E-state index in [-0.39, 0.29) is 6.08 Å². The lowest BCUT2D eigenvalue weighted by molar-refractivity contribution is 0.211. The Hall–Kier alpha value is -1.49. The third-order valence-corrected chi connectivity index (χ3v) is 5.59. The summed E-state index contributed by atoms with van der Waals surface area (Å²) < 4.78 is 10.7. The van der Waals surface area contributed by atoms with Crippen molar-refractivity contribution < 1.29 is 9.15 Å². The molecular formula is C24H37NO3S. The lowest BCUT2D eigenvalue weighted by atomic mass is 10.0. The standard InChI is InChI=1S/C24H37NO3S/c1-2-3-4-5-6-7-8-9-10-11-12-13-14-15-18-27-24-25-22-17-16-20(29)19-21(22)23(26)28-24/h16-17,19,29H,2-15,18H2,1H3. The van der Waals surface area contributed by atoms with Gasteiger partial charge in [0.1, 0.15) is 0 Å². The molecule has 0 bridgehead atoms. The highest BCUT2D eigenvalue weighted by Gasteiger charge is 2.07. The highest BCUT2D eigenvalue weighted by Crippen LogP contribution is 2.17. The summed E-state index contributed by atoms with van der Waals surface area (Å²) in [5, 5.41) is 0.432. The number of nitrogens with zero attached hydrogens (tertiary/aromatic N) is 1. The first-order valence-electron chi connectivity index (χ1n) is 11.5. The molecule has 0 aliphatic heterocycles. The maximum absolute atomic E-state index is 12.0. The third kappa shape index (κ3) is 9.70. The average Bonchev–Trinajstić information content (AvgIpc) is 2.71. The van der Waals surface area contributed by atoms with Crippen LogP contribution in [-0.4, -0.2) is 11.6 Å². The molecule has 2 aromatic rings. The molecule has 0 unspecified atom stereocenters. The maximum atomic E-state index is 12.0.